The Morgan fingerprint density at radius 2 is 2.33 bits per heavy atom. The fourth-order valence-corrected chi connectivity index (χ4v) is 2.74. The van der Waals surface area contributed by atoms with Crippen molar-refractivity contribution in [2.45, 2.75) is 18.5 Å². The zero-order valence-corrected chi connectivity index (χ0v) is 11.9. The van der Waals surface area contributed by atoms with Crippen LogP contribution in [0.25, 0.3) is 0 Å². The van der Waals surface area contributed by atoms with Crippen LogP contribution in [0.3, 0.4) is 0 Å². The Balaban J connectivity index is 2.05. The number of nitrogens with zero attached hydrogens (tertiary/aromatic N) is 1. The smallest absolute Gasteiger partial charge is 0.323 e. The van der Waals surface area contributed by atoms with Crippen LogP contribution in [0, 0.1) is 5.82 Å². The molecule has 1 aliphatic heterocycles. The summed E-state index contributed by atoms with van der Waals surface area (Å²) in [6, 6.07) is 3.65. The molecule has 0 saturated heterocycles. The Morgan fingerprint density at radius 1 is 1.52 bits per heavy atom. The molecule has 0 spiro atoms. The van der Waals surface area contributed by atoms with Gasteiger partial charge < -0.3 is 9.72 Å². The second kappa shape index (κ2) is 5.46. The number of fused-ring (bicyclic) bond motifs is 1. The maximum Gasteiger partial charge on any atom is 0.323 e. The highest BCUT2D eigenvalue weighted by Crippen LogP contribution is 2.32. The highest BCUT2D eigenvalue weighted by molar-refractivity contribution is 6.30. The monoisotopic (exact) mass is 309 g/mol. The van der Waals surface area contributed by atoms with Gasteiger partial charge >= 0.3 is 5.97 Å². The quantitative estimate of drug-likeness (QED) is 0.833. The van der Waals surface area contributed by atoms with E-state index in [4.69, 9.17) is 16.3 Å². The van der Waals surface area contributed by atoms with Crippen LogP contribution in [-0.4, -0.2) is 29.1 Å². The van der Waals surface area contributed by atoms with Crippen molar-refractivity contribution >= 4 is 17.6 Å². The summed E-state index contributed by atoms with van der Waals surface area (Å²) in [5.74, 6) is -0.918. The molecule has 2 atom stereocenters. The number of aromatic nitrogens is 2. The molecule has 2 N–H and O–H groups in total. The fraction of sp³-hybridized carbons (Fsp3) is 0.286. The summed E-state index contributed by atoms with van der Waals surface area (Å²) in [5.41, 5.74) is 1.80. The summed E-state index contributed by atoms with van der Waals surface area (Å²) < 4.78 is 19.0. The largest absolute Gasteiger partial charge is 0.468 e. The Kier molecular flexibility index (Phi) is 3.65. The number of carbonyl (C=O) groups is 1. The molecule has 7 heteroatoms. The van der Waals surface area contributed by atoms with Crippen LogP contribution in [0.1, 0.15) is 23.0 Å². The van der Waals surface area contributed by atoms with Crippen molar-refractivity contribution in [1.82, 2.24) is 15.3 Å². The molecule has 21 heavy (non-hydrogen) atoms. The summed E-state index contributed by atoms with van der Waals surface area (Å²) in [6.07, 6.45) is 1.95. The first-order chi connectivity index (χ1) is 10.1. The zero-order chi connectivity index (χ0) is 15.0. The highest BCUT2D eigenvalue weighted by atomic mass is 35.5. The fourth-order valence-electron chi connectivity index (χ4n) is 2.56. The van der Waals surface area contributed by atoms with E-state index in [1.54, 1.807) is 12.1 Å². The van der Waals surface area contributed by atoms with Gasteiger partial charge in [-0.3, -0.25) is 10.1 Å². The van der Waals surface area contributed by atoms with E-state index in [0.717, 1.165) is 5.69 Å². The molecule has 0 amide bonds. The molecule has 0 aliphatic carbocycles. The van der Waals surface area contributed by atoms with Crippen LogP contribution in [0.15, 0.2) is 24.5 Å². The van der Waals surface area contributed by atoms with E-state index in [0.29, 0.717) is 17.7 Å². The summed E-state index contributed by atoms with van der Waals surface area (Å²) in [6.45, 7) is 0. The number of benzene rings is 1. The molecular formula is C14H13ClFN3O2. The molecule has 0 unspecified atom stereocenters. The molecular weight excluding hydrogens is 297 g/mol. The number of hydrogen-bond donors (Lipinski definition) is 2. The first-order valence-corrected chi connectivity index (χ1v) is 6.79. The molecule has 0 saturated carbocycles. The minimum atomic E-state index is -0.564. The average Bonchev–Trinajstić information content (AvgIpc) is 2.96. The Bertz CT molecular complexity index is 689. The number of halogens is 2. The van der Waals surface area contributed by atoms with Crippen molar-refractivity contribution in [3.8, 4) is 0 Å². The van der Waals surface area contributed by atoms with Crippen LogP contribution in [-0.2, 0) is 16.0 Å². The zero-order valence-electron chi connectivity index (χ0n) is 11.2. The number of hydrogen-bond acceptors (Lipinski definition) is 4. The molecule has 1 aliphatic rings. The molecule has 5 nitrogen and oxygen atoms in total. The van der Waals surface area contributed by atoms with E-state index >= 15 is 0 Å². The van der Waals surface area contributed by atoms with E-state index in [9.17, 15) is 9.18 Å². The van der Waals surface area contributed by atoms with E-state index in [1.165, 1.54) is 19.5 Å². The Hall–Kier alpha value is -1.92. The maximum absolute atomic E-state index is 14.3. The second-order valence-electron chi connectivity index (χ2n) is 4.79. The first kappa shape index (κ1) is 14.0. The molecule has 110 valence electrons. The van der Waals surface area contributed by atoms with Crippen LogP contribution in [0.2, 0.25) is 5.02 Å². The van der Waals surface area contributed by atoms with Crippen LogP contribution >= 0.6 is 11.6 Å². The van der Waals surface area contributed by atoms with Gasteiger partial charge in [0.1, 0.15) is 11.9 Å². The van der Waals surface area contributed by atoms with Gasteiger partial charge in [-0.15, -0.1) is 0 Å². The molecule has 0 bridgehead atoms. The summed E-state index contributed by atoms with van der Waals surface area (Å²) in [5, 5.41) is 3.11. The predicted molar refractivity (Wildman–Crippen MR) is 74.5 cm³/mol. The summed E-state index contributed by atoms with van der Waals surface area (Å²) in [4.78, 5) is 19.0. The third-order valence-electron chi connectivity index (χ3n) is 3.58. The SMILES string of the molecule is COC(=O)[C@@H]1Cc2[nH]cnc2[C@H](c2cccc(Cl)c2F)N1. The molecule has 0 fully saturated rings. The van der Waals surface area contributed by atoms with Gasteiger partial charge in [0.15, 0.2) is 0 Å². The lowest BCUT2D eigenvalue weighted by Crippen LogP contribution is -2.46. The minimum Gasteiger partial charge on any atom is -0.468 e. The van der Waals surface area contributed by atoms with Gasteiger partial charge in [0.25, 0.3) is 0 Å². The molecule has 1 aromatic carbocycles. The van der Waals surface area contributed by atoms with E-state index in [2.05, 4.69) is 15.3 Å². The van der Waals surface area contributed by atoms with Gasteiger partial charge in [-0.1, -0.05) is 23.7 Å². The van der Waals surface area contributed by atoms with Gasteiger partial charge in [0.2, 0.25) is 0 Å². The molecule has 0 radical (unpaired) electrons. The van der Waals surface area contributed by atoms with Crippen LogP contribution < -0.4 is 5.32 Å². The number of H-pyrrole nitrogens is 1. The van der Waals surface area contributed by atoms with E-state index < -0.39 is 23.9 Å². The van der Waals surface area contributed by atoms with Crippen LogP contribution in [0.4, 0.5) is 4.39 Å². The number of nitrogens with one attached hydrogen (secondary N) is 2. The van der Waals surface area contributed by atoms with Gasteiger partial charge in [0, 0.05) is 17.7 Å². The number of esters is 1. The number of rotatable bonds is 2. The Morgan fingerprint density at radius 3 is 3.10 bits per heavy atom. The number of methoxy groups -OCH3 is 1. The second-order valence-corrected chi connectivity index (χ2v) is 5.20. The van der Waals surface area contributed by atoms with Crippen molar-refractivity contribution in [1.29, 1.82) is 0 Å². The van der Waals surface area contributed by atoms with Crippen molar-refractivity contribution in [2.24, 2.45) is 0 Å². The van der Waals surface area contributed by atoms with Crippen molar-refractivity contribution < 1.29 is 13.9 Å². The van der Waals surface area contributed by atoms with Gasteiger partial charge in [-0.2, -0.15) is 0 Å². The van der Waals surface area contributed by atoms with Gasteiger partial charge in [-0.05, 0) is 6.07 Å². The van der Waals surface area contributed by atoms with E-state index in [-0.39, 0.29) is 5.02 Å². The summed E-state index contributed by atoms with van der Waals surface area (Å²) >= 11 is 5.84. The number of carbonyl (C=O) groups excluding carboxylic acids is 1. The number of ether oxygens (including phenoxy) is 1. The van der Waals surface area contributed by atoms with Crippen LogP contribution in [0.5, 0.6) is 0 Å². The minimum absolute atomic E-state index is 0.0339. The normalized spacial score (nSPS) is 20.9. The Labute approximate surface area is 125 Å². The lowest BCUT2D eigenvalue weighted by Gasteiger charge is -2.29. The standard InChI is InChI=1S/C14H13ClFN3O2/c1-21-14(20)10-5-9-13(18-6-17-9)12(19-10)7-3-2-4-8(15)11(7)16/h2-4,6,10,12,19H,5H2,1H3,(H,17,18)/t10-,12-/m0/s1. The molecule has 3 rings (SSSR count). The van der Waals surface area contributed by atoms with Crippen molar-refractivity contribution in [2.75, 3.05) is 7.11 Å². The molecule has 2 heterocycles. The first-order valence-electron chi connectivity index (χ1n) is 6.41. The summed E-state index contributed by atoms with van der Waals surface area (Å²) in [7, 11) is 1.32. The molecule has 1 aromatic heterocycles. The van der Waals surface area contributed by atoms with E-state index in [1.807, 2.05) is 0 Å². The third-order valence-corrected chi connectivity index (χ3v) is 3.87. The topological polar surface area (TPSA) is 67.0 Å². The number of imidazole rings is 1. The van der Waals surface area contributed by atoms with Crippen molar-refractivity contribution in [3.05, 3.63) is 52.3 Å². The van der Waals surface area contributed by atoms with Crippen molar-refractivity contribution in [3.63, 3.8) is 0 Å². The lowest BCUT2D eigenvalue weighted by molar-refractivity contribution is -0.143. The molecule has 2 aromatic rings. The highest BCUT2D eigenvalue weighted by Gasteiger charge is 2.35. The lowest BCUT2D eigenvalue weighted by atomic mass is 9.93. The number of aromatic amines is 1. The average molecular weight is 310 g/mol. The predicted octanol–water partition coefficient (Wildman–Crippen LogP) is 1.98. The van der Waals surface area contributed by atoms with Gasteiger partial charge in [-0.25, -0.2) is 9.37 Å². The maximum atomic E-state index is 14.3. The third kappa shape index (κ3) is 2.41. The van der Waals surface area contributed by atoms with Gasteiger partial charge in [0.05, 0.1) is 30.2 Å².